The van der Waals surface area contributed by atoms with Gasteiger partial charge in [-0.1, -0.05) is 68.4 Å². The Bertz CT molecular complexity index is 779. The lowest BCUT2D eigenvalue weighted by atomic mass is 10.2. The molecule has 3 N–H and O–H groups in total. The molecule has 0 saturated carbocycles. The molecule has 2 aromatic rings. The van der Waals surface area contributed by atoms with Crippen molar-refractivity contribution in [2.75, 3.05) is 5.32 Å². The topological polar surface area (TPSA) is 53.2 Å². The van der Waals surface area contributed by atoms with E-state index in [0.717, 1.165) is 15.7 Å². The van der Waals surface area contributed by atoms with Crippen molar-refractivity contribution in [3.63, 3.8) is 0 Å². The largest absolute Gasteiger partial charge is 0.339 e. The van der Waals surface area contributed by atoms with Crippen molar-refractivity contribution in [3.8, 4) is 0 Å². The van der Waals surface area contributed by atoms with Crippen molar-refractivity contribution in [3.05, 3.63) is 64.1 Å². The monoisotopic (exact) mass is 493 g/mol. The van der Waals surface area contributed by atoms with E-state index in [0.29, 0.717) is 5.56 Å². The number of benzene rings is 2. The molecule has 138 valence electrons. The summed E-state index contributed by atoms with van der Waals surface area (Å²) in [5.41, 5.74) is 2.32. The molecule has 9 heteroatoms. The fourth-order valence-corrected chi connectivity index (χ4v) is 2.78. The molecule has 0 aliphatic rings. The second-order valence-corrected chi connectivity index (χ2v) is 9.11. The molecule has 26 heavy (non-hydrogen) atoms. The molecule has 0 saturated heterocycles. The molecule has 0 heterocycles. The number of hydrogen-bond acceptors (Lipinski definition) is 2. The van der Waals surface area contributed by atoms with Crippen LogP contribution in [0.3, 0.4) is 0 Å². The summed E-state index contributed by atoms with van der Waals surface area (Å²) in [5, 5.41) is 8.63. The molecule has 0 fully saturated rings. The molecule has 0 unspecified atom stereocenters. The van der Waals surface area contributed by atoms with Crippen molar-refractivity contribution in [2.24, 2.45) is 0 Å². The van der Waals surface area contributed by atoms with E-state index in [1.54, 1.807) is 24.3 Å². The van der Waals surface area contributed by atoms with Gasteiger partial charge in [0.25, 0.3) is 5.91 Å². The van der Waals surface area contributed by atoms with Gasteiger partial charge in [-0.15, -0.1) is 0 Å². The van der Waals surface area contributed by atoms with Gasteiger partial charge in [-0.3, -0.25) is 4.79 Å². The van der Waals surface area contributed by atoms with Crippen LogP contribution in [-0.4, -0.2) is 21.0 Å². The summed E-state index contributed by atoms with van der Waals surface area (Å²) < 4.78 is -0.960. The van der Waals surface area contributed by atoms with E-state index < -0.39 is 15.9 Å². The second-order valence-electron chi connectivity index (χ2n) is 5.42. The van der Waals surface area contributed by atoms with Gasteiger partial charge >= 0.3 is 0 Å². The molecule has 1 amide bonds. The van der Waals surface area contributed by atoms with Gasteiger partial charge in [0, 0.05) is 15.7 Å². The number of nitrogens with one attached hydrogen (secondary N) is 3. The number of amides is 1. The average Bonchev–Trinajstić information content (AvgIpc) is 2.56. The SMILES string of the molecule is Cc1ccc(NC(=S)N[C@@H](NC(=O)c2ccc(Br)cc2)C(Cl)(Cl)Cl)cc1. The van der Waals surface area contributed by atoms with Gasteiger partial charge in [-0.25, -0.2) is 0 Å². The molecule has 4 nitrogen and oxygen atoms in total. The number of alkyl halides is 3. The molecule has 0 spiro atoms. The number of carbonyl (C=O) groups excluding carboxylic acids is 1. The minimum atomic E-state index is -1.82. The lowest BCUT2D eigenvalue weighted by Gasteiger charge is -2.27. The van der Waals surface area contributed by atoms with E-state index in [9.17, 15) is 4.79 Å². The lowest BCUT2D eigenvalue weighted by Crippen LogP contribution is -2.56. The minimum absolute atomic E-state index is 0.210. The zero-order valence-corrected chi connectivity index (χ0v) is 18.2. The summed E-state index contributed by atoms with van der Waals surface area (Å²) in [6.45, 7) is 1.98. The average molecular weight is 496 g/mol. The van der Waals surface area contributed by atoms with Crippen LogP contribution in [-0.2, 0) is 0 Å². The maximum Gasteiger partial charge on any atom is 0.252 e. The van der Waals surface area contributed by atoms with E-state index in [1.165, 1.54) is 0 Å². The highest BCUT2D eigenvalue weighted by molar-refractivity contribution is 9.10. The lowest BCUT2D eigenvalue weighted by molar-refractivity contribution is 0.0934. The minimum Gasteiger partial charge on any atom is -0.339 e. The third-order valence-corrected chi connectivity index (χ3v) is 4.70. The number of aryl methyl sites for hydroxylation is 1. The van der Waals surface area contributed by atoms with Crippen LogP contribution in [0.1, 0.15) is 15.9 Å². The highest BCUT2D eigenvalue weighted by Gasteiger charge is 2.34. The van der Waals surface area contributed by atoms with Crippen molar-refractivity contribution in [1.82, 2.24) is 10.6 Å². The molecule has 2 rings (SSSR count). The quantitative estimate of drug-likeness (QED) is 0.311. The maximum atomic E-state index is 12.4. The first-order valence-corrected chi connectivity index (χ1v) is 9.76. The van der Waals surface area contributed by atoms with Crippen LogP contribution in [0, 0.1) is 6.92 Å². The normalized spacial score (nSPS) is 12.2. The standard InChI is InChI=1S/C17H15BrCl3N3OS/c1-10-2-8-13(9-3-10)22-16(26)24-15(17(19,20)21)23-14(25)11-4-6-12(18)7-5-11/h2-9,15H,1H3,(H,23,25)(H2,22,24,26)/t15-/m1/s1. The van der Waals surface area contributed by atoms with Gasteiger partial charge < -0.3 is 16.0 Å². The van der Waals surface area contributed by atoms with Crippen LogP contribution in [0.15, 0.2) is 53.0 Å². The summed E-state index contributed by atoms with van der Waals surface area (Å²) >= 11 is 26.5. The molecule has 0 bridgehead atoms. The van der Waals surface area contributed by atoms with Crippen LogP contribution in [0.2, 0.25) is 0 Å². The van der Waals surface area contributed by atoms with E-state index >= 15 is 0 Å². The first-order valence-electron chi connectivity index (χ1n) is 7.42. The van der Waals surface area contributed by atoms with Crippen LogP contribution >= 0.6 is 63.0 Å². The predicted molar refractivity (Wildman–Crippen MR) is 116 cm³/mol. The number of thiocarbonyl (C=S) groups is 1. The molecule has 0 radical (unpaired) electrons. The van der Waals surface area contributed by atoms with Crippen LogP contribution in [0.25, 0.3) is 0 Å². The Morgan fingerprint density at radius 1 is 1.04 bits per heavy atom. The molecule has 0 aliphatic heterocycles. The zero-order valence-electron chi connectivity index (χ0n) is 13.5. The summed E-state index contributed by atoms with van der Waals surface area (Å²) in [5.74, 6) is -0.403. The number of halogens is 4. The van der Waals surface area contributed by atoms with Crippen molar-refractivity contribution in [1.29, 1.82) is 0 Å². The van der Waals surface area contributed by atoms with Crippen molar-refractivity contribution >= 4 is 79.7 Å². The Morgan fingerprint density at radius 3 is 2.15 bits per heavy atom. The zero-order chi connectivity index (χ0) is 19.3. The molecular formula is C17H15BrCl3N3OS. The highest BCUT2D eigenvalue weighted by atomic mass is 79.9. The van der Waals surface area contributed by atoms with Crippen LogP contribution < -0.4 is 16.0 Å². The Kier molecular flexibility index (Phi) is 7.55. The van der Waals surface area contributed by atoms with E-state index in [2.05, 4.69) is 31.9 Å². The van der Waals surface area contributed by atoms with Crippen molar-refractivity contribution in [2.45, 2.75) is 16.9 Å². The Balaban J connectivity index is 2.04. The van der Waals surface area contributed by atoms with Gasteiger partial charge in [0.05, 0.1) is 0 Å². The van der Waals surface area contributed by atoms with E-state index in [-0.39, 0.29) is 5.11 Å². The van der Waals surface area contributed by atoms with Gasteiger partial charge in [0.1, 0.15) is 6.17 Å². The summed E-state index contributed by atoms with van der Waals surface area (Å²) in [7, 11) is 0. The third-order valence-electron chi connectivity index (χ3n) is 3.29. The van der Waals surface area contributed by atoms with Gasteiger partial charge in [0.15, 0.2) is 5.11 Å². The fraction of sp³-hybridized carbons (Fsp3) is 0.176. The number of anilines is 1. The number of carbonyl (C=O) groups is 1. The smallest absolute Gasteiger partial charge is 0.252 e. The van der Waals surface area contributed by atoms with Gasteiger partial charge in [0.2, 0.25) is 3.79 Å². The summed E-state index contributed by atoms with van der Waals surface area (Å²) in [4.78, 5) is 12.4. The molecule has 1 atom stereocenters. The third kappa shape index (κ3) is 6.59. The Labute approximate surface area is 180 Å². The van der Waals surface area contributed by atoms with Crippen LogP contribution in [0.5, 0.6) is 0 Å². The highest BCUT2D eigenvalue weighted by Crippen LogP contribution is 2.29. The number of rotatable bonds is 4. The molecule has 0 aromatic heterocycles. The Hall–Kier alpha value is -1.05. The molecule has 2 aromatic carbocycles. The molecule has 0 aliphatic carbocycles. The predicted octanol–water partition coefficient (Wildman–Crippen LogP) is 5.17. The summed E-state index contributed by atoms with van der Waals surface area (Å²) in [6, 6.07) is 14.4. The molecular weight excluding hydrogens is 481 g/mol. The van der Waals surface area contributed by atoms with Crippen LogP contribution in [0.4, 0.5) is 5.69 Å². The van der Waals surface area contributed by atoms with Crippen molar-refractivity contribution < 1.29 is 4.79 Å². The first-order chi connectivity index (χ1) is 12.1. The first kappa shape index (κ1) is 21.3. The number of hydrogen-bond donors (Lipinski definition) is 3. The van der Waals surface area contributed by atoms with E-state index in [1.807, 2.05) is 31.2 Å². The second kappa shape index (κ2) is 9.24. The maximum absolute atomic E-state index is 12.4. The van der Waals surface area contributed by atoms with Gasteiger partial charge in [-0.05, 0) is 55.5 Å². The Morgan fingerprint density at radius 2 is 1.62 bits per heavy atom. The fourth-order valence-electron chi connectivity index (χ4n) is 1.95. The van der Waals surface area contributed by atoms with Gasteiger partial charge in [-0.2, -0.15) is 0 Å². The van der Waals surface area contributed by atoms with E-state index in [4.69, 9.17) is 47.0 Å². The summed E-state index contributed by atoms with van der Waals surface area (Å²) in [6.07, 6.45) is -1.03.